The maximum atomic E-state index is 12.4. The maximum Gasteiger partial charge on any atom is 0.239 e. The van der Waals surface area contributed by atoms with Crippen LogP contribution in [0.5, 0.6) is 0 Å². The summed E-state index contributed by atoms with van der Waals surface area (Å²) in [6, 6.07) is -0.246. The summed E-state index contributed by atoms with van der Waals surface area (Å²) in [6.45, 7) is 3.75. The van der Waals surface area contributed by atoms with Crippen LogP contribution in [0.15, 0.2) is 0 Å². The molecule has 0 aromatic carbocycles. The van der Waals surface area contributed by atoms with Gasteiger partial charge in [0.05, 0.1) is 11.8 Å². The van der Waals surface area contributed by atoms with Gasteiger partial charge in [-0.2, -0.15) is 0 Å². The van der Waals surface area contributed by atoms with Crippen LogP contribution in [0.3, 0.4) is 0 Å². The molecule has 0 bridgehead atoms. The van der Waals surface area contributed by atoms with Crippen LogP contribution < -0.4 is 5.73 Å². The molecule has 122 valence electrons. The Bertz CT molecular complexity index is 460. The molecular formula is C14H27N3O3S. The number of carbonyl (C=O) groups is 1. The van der Waals surface area contributed by atoms with Gasteiger partial charge < -0.3 is 10.6 Å². The minimum absolute atomic E-state index is 0.0245. The molecule has 0 aliphatic carbocycles. The number of nitrogens with two attached hydrogens (primary N) is 1. The minimum Gasteiger partial charge on any atom is -0.340 e. The lowest BCUT2D eigenvalue weighted by molar-refractivity contribution is -0.134. The summed E-state index contributed by atoms with van der Waals surface area (Å²) < 4.78 is 22.3. The molecule has 2 aliphatic rings. The Labute approximate surface area is 127 Å². The highest BCUT2D eigenvalue weighted by atomic mass is 32.2. The third kappa shape index (κ3) is 4.93. The van der Waals surface area contributed by atoms with Crippen LogP contribution >= 0.6 is 0 Å². The van der Waals surface area contributed by atoms with E-state index in [1.54, 1.807) is 0 Å². The Hall–Kier alpha value is -0.660. The van der Waals surface area contributed by atoms with Crippen molar-refractivity contribution in [3.05, 3.63) is 0 Å². The van der Waals surface area contributed by atoms with Crippen molar-refractivity contribution >= 4 is 15.7 Å². The minimum atomic E-state index is -3.07. The molecule has 7 heteroatoms. The first-order valence-electron chi connectivity index (χ1n) is 7.83. The second-order valence-corrected chi connectivity index (χ2v) is 8.61. The first-order valence-corrected chi connectivity index (χ1v) is 9.89. The zero-order valence-corrected chi connectivity index (χ0v) is 13.6. The van der Waals surface area contributed by atoms with E-state index in [0.29, 0.717) is 6.04 Å². The smallest absolute Gasteiger partial charge is 0.239 e. The number of likely N-dealkylation sites (tertiary alicyclic amines) is 2. The molecule has 2 heterocycles. The van der Waals surface area contributed by atoms with Gasteiger partial charge in [0.15, 0.2) is 0 Å². The standard InChI is InChI=1S/C14H27N3O3S/c1-21(19,20)10-6-13(15)14(18)17-9-4-5-12(11-17)16-7-2-3-8-16/h12-13H,2-11,15H2,1H3. The SMILES string of the molecule is CS(=O)(=O)CCC(N)C(=O)N1CCCC(N2CCCC2)C1. The molecule has 1 amide bonds. The van der Waals surface area contributed by atoms with E-state index in [9.17, 15) is 13.2 Å². The van der Waals surface area contributed by atoms with E-state index in [1.807, 2.05) is 4.90 Å². The molecule has 6 nitrogen and oxygen atoms in total. The number of rotatable bonds is 5. The number of hydrogen-bond acceptors (Lipinski definition) is 5. The third-order valence-electron chi connectivity index (χ3n) is 4.48. The van der Waals surface area contributed by atoms with Crippen LogP contribution in [0.4, 0.5) is 0 Å². The Morgan fingerprint density at radius 1 is 1.24 bits per heavy atom. The number of hydrogen-bond donors (Lipinski definition) is 1. The van der Waals surface area contributed by atoms with Crippen LogP contribution in [0, 0.1) is 0 Å². The lowest BCUT2D eigenvalue weighted by atomic mass is 10.0. The molecule has 0 aromatic rings. The summed E-state index contributed by atoms with van der Waals surface area (Å²) in [5, 5.41) is 0. The van der Waals surface area contributed by atoms with Crippen molar-refractivity contribution < 1.29 is 13.2 Å². The molecule has 2 unspecified atom stereocenters. The van der Waals surface area contributed by atoms with Gasteiger partial charge in [-0.1, -0.05) is 0 Å². The van der Waals surface area contributed by atoms with E-state index in [2.05, 4.69) is 4.90 Å². The molecule has 0 spiro atoms. The van der Waals surface area contributed by atoms with Crippen molar-refractivity contribution in [2.45, 2.75) is 44.2 Å². The van der Waals surface area contributed by atoms with Crippen LogP contribution in [0.2, 0.25) is 0 Å². The van der Waals surface area contributed by atoms with E-state index >= 15 is 0 Å². The van der Waals surface area contributed by atoms with Gasteiger partial charge in [-0.25, -0.2) is 8.42 Å². The second-order valence-electron chi connectivity index (χ2n) is 6.35. The molecule has 0 aromatic heterocycles. The highest BCUT2D eigenvalue weighted by Gasteiger charge is 2.31. The molecule has 2 rings (SSSR count). The fourth-order valence-corrected chi connectivity index (χ4v) is 3.94. The van der Waals surface area contributed by atoms with Gasteiger partial charge in [0, 0.05) is 25.4 Å². The fourth-order valence-electron chi connectivity index (χ4n) is 3.26. The molecule has 21 heavy (non-hydrogen) atoms. The highest BCUT2D eigenvalue weighted by Crippen LogP contribution is 2.21. The first-order chi connectivity index (χ1) is 9.87. The summed E-state index contributed by atoms with van der Waals surface area (Å²) in [7, 11) is -3.07. The van der Waals surface area contributed by atoms with E-state index in [1.165, 1.54) is 19.1 Å². The van der Waals surface area contributed by atoms with Crippen LogP contribution in [-0.2, 0) is 14.6 Å². The largest absolute Gasteiger partial charge is 0.340 e. The van der Waals surface area contributed by atoms with E-state index in [4.69, 9.17) is 5.73 Å². The van der Waals surface area contributed by atoms with Crippen LogP contribution in [0.25, 0.3) is 0 Å². The van der Waals surface area contributed by atoms with Gasteiger partial charge in [-0.3, -0.25) is 9.69 Å². The molecule has 2 aliphatic heterocycles. The summed E-state index contributed by atoms with van der Waals surface area (Å²) in [4.78, 5) is 16.7. The Balaban J connectivity index is 1.86. The molecule has 2 atom stereocenters. The lowest BCUT2D eigenvalue weighted by Crippen LogP contribution is -2.53. The Morgan fingerprint density at radius 2 is 1.90 bits per heavy atom. The topological polar surface area (TPSA) is 83.7 Å². The second kappa shape index (κ2) is 7.07. The zero-order valence-electron chi connectivity index (χ0n) is 12.8. The Kier molecular flexibility index (Phi) is 5.62. The van der Waals surface area contributed by atoms with E-state index in [0.717, 1.165) is 39.0 Å². The fraction of sp³-hybridized carbons (Fsp3) is 0.929. The average Bonchev–Trinajstić information content (AvgIpc) is 2.97. The predicted molar refractivity (Wildman–Crippen MR) is 82.7 cm³/mol. The average molecular weight is 317 g/mol. The normalized spacial score (nSPS) is 26.0. The quantitative estimate of drug-likeness (QED) is 0.761. The number of piperidine rings is 1. The zero-order chi connectivity index (χ0) is 15.5. The number of carbonyl (C=O) groups excluding carboxylic acids is 1. The molecule has 2 saturated heterocycles. The monoisotopic (exact) mass is 317 g/mol. The van der Waals surface area contributed by atoms with Crippen molar-refractivity contribution in [2.75, 3.05) is 38.2 Å². The van der Waals surface area contributed by atoms with E-state index < -0.39 is 15.9 Å². The summed E-state index contributed by atoms with van der Waals surface area (Å²) in [6.07, 6.45) is 6.03. The van der Waals surface area contributed by atoms with Crippen molar-refractivity contribution in [3.8, 4) is 0 Å². The van der Waals surface area contributed by atoms with Crippen LogP contribution in [0.1, 0.15) is 32.1 Å². The summed E-state index contributed by atoms with van der Waals surface area (Å²) >= 11 is 0. The van der Waals surface area contributed by atoms with Crippen LogP contribution in [-0.4, -0.2) is 74.4 Å². The first kappa shape index (κ1) is 16.7. The highest BCUT2D eigenvalue weighted by molar-refractivity contribution is 7.90. The van der Waals surface area contributed by atoms with Gasteiger partial charge >= 0.3 is 0 Å². The van der Waals surface area contributed by atoms with Crippen molar-refractivity contribution in [1.29, 1.82) is 0 Å². The number of amides is 1. The predicted octanol–water partition coefficient (Wildman–Crippen LogP) is -0.165. The number of nitrogens with zero attached hydrogens (tertiary/aromatic N) is 2. The number of sulfone groups is 1. The summed E-state index contributed by atoms with van der Waals surface area (Å²) in [5.41, 5.74) is 5.88. The maximum absolute atomic E-state index is 12.4. The molecule has 2 N–H and O–H groups in total. The molecule has 2 fully saturated rings. The third-order valence-corrected chi connectivity index (χ3v) is 5.46. The summed E-state index contributed by atoms with van der Waals surface area (Å²) in [5.74, 6) is -0.119. The molecule has 0 radical (unpaired) electrons. The van der Waals surface area contributed by atoms with Crippen molar-refractivity contribution in [2.24, 2.45) is 5.73 Å². The van der Waals surface area contributed by atoms with Gasteiger partial charge in [0.2, 0.25) is 5.91 Å². The van der Waals surface area contributed by atoms with E-state index in [-0.39, 0.29) is 18.1 Å². The van der Waals surface area contributed by atoms with Gasteiger partial charge in [0.1, 0.15) is 9.84 Å². The molecular weight excluding hydrogens is 290 g/mol. The van der Waals surface area contributed by atoms with Crippen molar-refractivity contribution in [3.63, 3.8) is 0 Å². The Morgan fingerprint density at radius 3 is 2.52 bits per heavy atom. The van der Waals surface area contributed by atoms with Crippen molar-refractivity contribution in [1.82, 2.24) is 9.80 Å². The van der Waals surface area contributed by atoms with Gasteiger partial charge in [-0.15, -0.1) is 0 Å². The van der Waals surface area contributed by atoms with Gasteiger partial charge in [-0.05, 0) is 45.2 Å². The lowest BCUT2D eigenvalue weighted by Gasteiger charge is -2.38. The molecule has 0 saturated carbocycles. The van der Waals surface area contributed by atoms with Gasteiger partial charge in [0.25, 0.3) is 0 Å².